The maximum atomic E-state index is 4.97. The second-order valence-corrected chi connectivity index (χ2v) is 3.41. The molecule has 2 aromatic rings. The topological polar surface area (TPSA) is 51.0 Å². The molecule has 4 nitrogen and oxygen atoms in total. The first-order valence-electron chi connectivity index (χ1n) is 4.81. The quantitative estimate of drug-likeness (QED) is 0.831. The van der Waals surface area contributed by atoms with Gasteiger partial charge < -0.3 is 9.73 Å². The lowest BCUT2D eigenvalue weighted by Crippen LogP contribution is -2.03. The van der Waals surface area contributed by atoms with Crippen LogP contribution >= 0.6 is 0 Å². The minimum absolute atomic E-state index is 0.702. The molecular formula is C11H13N3O. The summed E-state index contributed by atoms with van der Waals surface area (Å²) in [5, 5.41) is 3.18. The fraction of sp³-hybridized carbons (Fsp3) is 0.273. The fourth-order valence-corrected chi connectivity index (χ4v) is 1.21. The van der Waals surface area contributed by atoms with Crippen LogP contribution in [0.15, 0.2) is 29.2 Å². The van der Waals surface area contributed by atoms with Gasteiger partial charge in [0, 0.05) is 12.1 Å². The molecule has 0 atom stereocenters. The van der Waals surface area contributed by atoms with E-state index in [1.165, 1.54) is 0 Å². The Kier molecular flexibility index (Phi) is 2.67. The first-order valence-corrected chi connectivity index (χ1v) is 4.81. The molecule has 78 valence electrons. The van der Waals surface area contributed by atoms with Crippen LogP contribution in [0.25, 0.3) is 0 Å². The molecule has 0 saturated heterocycles. The molecule has 2 aromatic heterocycles. The van der Waals surface area contributed by atoms with Crippen molar-refractivity contribution in [2.24, 2.45) is 0 Å². The van der Waals surface area contributed by atoms with Gasteiger partial charge in [-0.1, -0.05) is 0 Å². The van der Waals surface area contributed by atoms with Crippen molar-refractivity contribution in [3.63, 3.8) is 0 Å². The molecule has 0 aromatic carbocycles. The van der Waals surface area contributed by atoms with Gasteiger partial charge in [0.05, 0.1) is 30.1 Å². The van der Waals surface area contributed by atoms with Crippen molar-refractivity contribution in [3.8, 4) is 0 Å². The van der Waals surface area contributed by atoms with Crippen molar-refractivity contribution in [2.75, 3.05) is 5.32 Å². The summed E-state index contributed by atoms with van der Waals surface area (Å²) in [6.45, 7) is 4.60. The molecule has 2 heterocycles. The number of hydrogen-bond donors (Lipinski definition) is 1. The average molecular weight is 203 g/mol. The number of furan rings is 1. The molecule has 0 aliphatic heterocycles. The Bertz CT molecular complexity index is 437. The minimum Gasteiger partial charge on any atom is -0.472 e. The zero-order chi connectivity index (χ0) is 10.7. The van der Waals surface area contributed by atoms with Crippen molar-refractivity contribution in [1.82, 2.24) is 9.97 Å². The molecule has 1 N–H and O–H groups in total. The second-order valence-electron chi connectivity index (χ2n) is 3.41. The van der Waals surface area contributed by atoms with Crippen molar-refractivity contribution in [1.29, 1.82) is 0 Å². The van der Waals surface area contributed by atoms with Crippen LogP contribution in [-0.4, -0.2) is 9.97 Å². The highest BCUT2D eigenvalue weighted by Crippen LogP contribution is 2.08. The lowest BCUT2D eigenvalue weighted by Gasteiger charge is -2.05. The fourth-order valence-electron chi connectivity index (χ4n) is 1.21. The standard InChI is InChI=1S/C11H13N3O/c1-8-9(2)14-11(6-12-8)13-5-10-3-4-15-7-10/h3-4,6-7H,5H2,1-2H3,(H,13,14). The summed E-state index contributed by atoms with van der Waals surface area (Å²) in [6, 6.07) is 1.92. The van der Waals surface area contributed by atoms with Gasteiger partial charge in [-0.05, 0) is 19.9 Å². The van der Waals surface area contributed by atoms with E-state index in [9.17, 15) is 0 Å². The van der Waals surface area contributed by atoms with Crippen LogP contribution in [0, 0.1) is 13.8 Å². The molecule has 0 unspecified atom stereocenters. The van der Waals surface area contributed by atoms with E-state index in [1.807, 2.05) is 19.9 Å². The maximum absolute atomic E-state index is 4.97. The van der Waals surface area contributed by atoms with Gasteiger partial charge in [0.2, 0.25) is 0 Å². The van der Waals surface area contributed by atoms with E-state index >= 15 is 0 Å². The second kappa shape index (κ2) is 4.13. The van der Waals surface area contributed by atoms with E-state index in [0.29, 0.717) is 6.54 Å². The highest BCUT2D eigenvalue weighted by atomic mass is 16.3. The number of aryl methyl sites for hydroxylation is 2. The molecule has 15 heavy (non-hydrogen) atoms. The van der Waals surface area contributed by atoms with Crippen LogP contribution in [-0.2, 0) is 6.54 Å². The van der Waals surface area contributed by atoms with E-state index in [4.69, 9.17) is 4.42 Å². The SMILES string of the molecule is Cc1ncc(NCc2ccoc2)nc1C. The van der Waals surface area contributed by atoms with Crippen LogP contribution in [0.5, 0.6) is 0 Å². The molecule has 0 saturated carbocycles. The van der Waals surface area contributed by atoms with Gasteiger partial charge in [-0.2, -0.15) is 0 Å². The lowest BCUT2D eigenvalue weighted by atomic mass is 10.3. The number of rotatable bonds is 3. The normalized spacial score (nSPS) is 10.3. The number of anilines is 1. The highest BCUT2D eigenvalue weighted by Gasteiger charge is 1.99. The summed E-state index contributed by atoms with van der Waals surface area (Å²) >= 11 is 0. The Balaban J connectivity index is 2.02. The molecular weight excluding hydrogens is 190 g/mol. The smallest absolute Gasteiger partial charge is 0.145 e. The Morgan fingerprint density at radius 2 is 2.20 bits per heavy atom. The van der Waals surface area contributed by atoms with Crippen LogP contribution in [0.4, 0.5) is 5.82 Å². The summed E-state index contributed by atoms with van der Waals surface area (Å²) in [5.74, 6) is 0.791. The summed E-state index contributed by atoms with van der Waals surface area (Å²) in [4.78, 5) is 8.60. The first kappa shape index (κ1) is 9.71. The van der Waals surface area contributed by atoms with Crippen molar-refractivity contribution in [2.45, 2.75) is 20.4 Å². The van der Waals surface area contributed by atoms with E-state index in [1.54, 1.807) is 18.7 Å². The van der Waals surface area contributed by atoms with Crippen LogP contribution in [0.1, 0.15) is 17.0 Å². The summed E-state index contributed by atoms with van der Waals surface area (Å²) in [6.07, 6.45) is 5.10. The Hall–Kier alpha value is -1.84. The van der Waals surface area contributed by atoms with Crippen LogP contribution in [0.3, 0.4) is 0 Å². The zero-order valence-corrected chi connectivity index (χ0v) is 8.82. The average Bonchev–Trinajstić information content (AvgIpc) is 2.73. The van der Waals surface area contributed by atoms with E-state index < -0.39 is 0 Å². The van der Waals surface area contributed by atoms with E-state index in [-0.39, 0.29) is 0 Å². The number of nitrogens with zero attached hydrogens (tertiary/aromatic N) is 2. The monoisotopic (exact) mass is 203 g/mol. The van der Waals surface area contributed by atoms with Gasteiger partial charge >= 0.3 is 0 Å². The minimum atomic E-state index is 0.702. The Morgan fingerprint density at radius 1 is 1.33 bits per heavy atom. The highest BCUT2D eigenvalue weighted by molar-refractivity contribution is 5.34. The molecule has 0 radical (unpaired) electrons. The Labute approximate surface area is 88.4 Å². The maximum Gasteiger partial charge on any atom is 0.145 e. The van der Waals surface area contributed by atoms with E-state index in [2.05, 4.69) is 15.3 Å². The van der Waals surface area contributed by atoms with Crippen molar-refractivity contribution < 1.29 is 4.42 Å². The third kappa shape index (κ3) is 2.34. The third-order valence-electron chi connectivity index (χ3n) is 2.25. The van der Waals surface area contributed by atoms with Gasteiger partial charge in [-0.25, -0.2) is 4.98 Å². The lowest BCUT2D eigenvalue weighted by molar-refractivity contribution is 0.564. The van der Waals surface area contributed by atoms with Gasteiger partial charge in [0.1, 0.15) is 5.82 Å². The predicted molar refractivity (Wildman–Crippen MR) is 57.5 cm³/mol. The first-order chi connectivity index (χ1) is 7.25. The summed E-state index contributed by atoms with van der Waals surface area (Å²) < 4.78 is 4.97. The summed E-state index contributed by atoms with van der Waals surface area (Å²) in [7, 11) is 0. The zero-order valence-electron chi connectivity index (χ0n) is 8.82. The number of hydrogen-bond acceptors (Lipinski definition) is 4. The largest absolute Gasteiger partial charge is 0.472 e. The molecule has 0 aliphatic rings. The third-order valence-corrected chi connectivity index (χ3v) is 2.25. The molecule has 0 aliphatic carbocycles. The predicted octanol–water partition coefficient (Wildman–Crippen LogP) is 2.30. The molecule has 2 rings (SSSR count). The Morgan fingerprint density at radius 3 is 2.87 bits per heavy atom. The molecule has 0 amide bonds. The van der Waals surface area contributed by atoms with Gasteiger partial charge in [0.15, 0.2) is 0 Å². The van der Waals surface area contributed by atoms with Crippen molar-refractivity contribution >= 4 is 5.82 Å². The van der Waals surface area contributed by atoms with Crippen LogP contribution in [0.2, 0.25) is 0 Å². The van der Waals surface area contributed by atoms with Gasteiger partial charge in [-0.3, -0.25) is 4.98 Å². The van der Waals surface area contributed by atoms with Crippen LogP contribution < -0.4 is 5.32 Å². The molecule has 4 heteroatoms. The summed E-state index contributed by atoms with van der Waals surface area (Å²) in [5.41, 5.74) is 3.01. The number of nitrogens with one attached hydrogen (secondary N) is 1. The van der Waals surface area contributed by atoms with Gasteiger partial charge in [0.25, 0.3) is 0 Å². The molecule has 0 spiro atoms. The molecule has 0 bridgehead atoms. The van der Waals surface area contributed by atoms with Crippen molar-refractivity contribution in [3.05, 3.63) is 41.7 Å². The molecule has 0 fully saturated rings. The van der Waals surface area contributed by atoms with Gasteiger partial charge in [-0.15, -0.1) is 0 Å². The van der Waals surface area contributed by atoms with E-state index in [0.717, 1.165) is 22.8 Å². The number of aromatic nitrogens is 2.